The van der Waals surface area contributed by atoms with Crippen LogP contribution >= 0.6 is 0 Å². The molecule has 0 spiro atoms. The van der Waals surface area contributed by atoms with Crippen molar-refractivity contribution < 1.29 is 14.3 Å². The number of carbonyl (C=O) groups excluding carboxylic acids is 2. The zero-order chi connectivity index (χ0) is 19.9. The van der Waals surface area contributed by atoms with Gasteiger partial charge in [-0.1, -0.05) is 12.1 Å². The van der Waals surface area contributed by atoms with Crippen LogP contribution in [0.15, 0.2) is 24.3 Å². The maximum atomic E-state index is 12.7. The zero-order valence-corrected chi connectivity index (χ0v) is 17.1. The first-order valence-electron chi connectivity index (χ1n) is 10.5. The van der Waals surface area contributed by atoms with E-state index in [1.807, 2.05) is 43.0 Å². The van der Waals surface area contributed by atoms with E-state index in [2.05, 4.69) is 10.6 Å². The summed E-state index contributed by atoms with van der Waals surface area (Å²) in [5.74, 6) is 0.817. The van der Waals surface area contributed by atoms with Crippen molar-refractivity contribution in [3.8, 4) is 0 Å². The number of nitrogens with one attached hydrogen (secondary N) is 2. The van der Waals surface area contributed by atoms with Gasteiger partial charge >= 0.3 is 0 Å². The van der Waals surface area contributed by atoms with E-state index in [1.54, 1.807) is 0 Å². The minimum absolute atomic E-state index is 0.0413. The van der Waals surface area contributed by atoms with Crippen LogP contribution in [0.5, 0.6) is 0 Å². The highest BCUT2D eigenvalue weighted by molar-refractivity contribution is 5.94. The molecule has 6 heteroatoms. The van der Waals surface area contributed by atoms with Gasteiger partial charge in [0.1, 0.15) is 0 Å². The van der Waals surface area contributed by atoms with Gasteiger partial charge in [0.05, 0.1) is 12.2 Å². The summed E-state index contributed by atoms with van der Waals surface area (Å²) in [6, 6.07) is 7.55. The van der Waals surface area contributed by atoms with Gasteiger partial charge in [-0.05, 0) is 69.8 Å². The highest BCUT2D eigenvalue weighted by atomic mass is 16.5. The van der Waals surface area contributed by atoms with Gasteiger partial charge in [0.2, 0.25) is 5.91 Å². The highest BCUT2D eigenvalue weighted by Crippen LogP contribution is 2.18. The number of hydrogen-bond donors (Lipinski definition) is 2. The Morgan fingerprint density at radius 3 is 2.39 bits per heavy atom. The molecule has 2 heterocycles. The summed E-state index contributed by atoms with van der Waals surface area (Å²) in [5.41, 5.74) is 1.69. The van der Waals surface area contributed by atoms with Crippen LogP contribution in [0.3, 0.4) is 0 Å². The van der Waals surface area contributed by atoms with Gasteiger partial charge in [0.25, 0.3) is 5.91 Å². The van der Waals surface area contributed by atoms with Crippen LogP contribution in [0.25, 0.3) is 0 Å². The van der Waals surface area contributed by atoms with E-state index in [9.17, 15) is 9.59 Å². The van der Waals surface area contributed by atoms with Crippen LogP contribution in [0.4, 0.5) is 0 Å². The molecule has 2 aliphatic rings. The number of amides is 2. The fourth-order valence-corrected chi connectivity index (χ4v) is 4.09. The first-order valence-corrected chi connectivity index (χ1v) is 10.5. The Bertz CT molecular complexity index is 645. The lowest BCUT2D eigenvalue weighted by molar-refractivity contribution is -0.121. The van der Waals surface area contributed by atoms with Crippen molar-refractivity contribution in [2.75, 3.05) is 26.2 Å². The normalized spacial score (nSPS) is 23.4. The number of ether oxygens (including phenoxy) is 1. The lowest BCUT2D eigenvalue weighted by Gasteiger charge is -2.35. The third-order valence-corrected chi connectivity index (χ3v) is 5.64. The predicted octanol–water partition coefficient (Wildman–Crippen LogP) is 2.33. The second kappa shape index (κ2) is 10.0. The van der Waals surface area contributed by atoms with Crippen molar-refractivity contribution in [1.29, 1.82) is 0 Å². The molecule has 1 aromatic rings. The third-order valence-electron chi connectivity index (χ3n) is 5.64. The van der Waals surface area contributed by atoms with Crippen molar-refractivity contribution >= 4 is 11.8 Å². The van der Waals surface area contributed by atoms with Crippen LogP contribution in [0.2, 0.25) is 0 Å². The minimum atomic E-state index is 0.0413. The van der Waals surface area contributed by atoms with Crippen LogP contribution in [0, 0.1) is 5.92 Å². The fourth-order valence-electron chi connectivity index (χ4n) is 4.09. The lowest BCUT2D eigenvalue weighted by atomic mass is 9.93. The first-order chi connectivity index (χ1) is 13.5. The highest BCUT2D eigenvalue weighted by Gasteiger charge is 2.26. The third kappa shape index (κ3) is 6.04. The molecule has 6 nitrogen and oxygen atoms in total. The van der Waals surface area contributed by atoms with E-state index >= 15 is 0 Å². The summed E-state index contributed by atoms with van der Waals surface area (Å²) in [5, 5.41) is 6.35. The van der Waals surface area contributed by atoms with E-state index in [4.69, 9.17) is 4.74 Å². The number of carbonyl (C=O) groups is 2. The summed E-state index contributed by atoms with van der Waals surface area (Å²) >= 11 is 0. The van der Waals surface area contributed by atoms with Crippen molar-refractivity contribution in [2.45, 2.75) is 58.3 Å². The molecule has 0 radical (unpaired) electrons. The molecule has 2 atom stereocenters. The van der Waals surface area contributed by atoms with Crippen molar-refractivity contribution in [2.24, 2.45) is 5.92 Å². The van der Waals surface area contributed by atoms with E-state index in [-0.39, 0.29) is 24.0 Å². The SMILES string of the molecule is CC1CN(C(=O)c2ccc(CNC(=O)CCC3CCNCC3)cc2)CC(C)O1. The Morgan fingerprint density at radius 1 is 1.11 bits per heavy atom. The molecule has 28 heavy (non-hydrogen) atoms. The molecule has 2 aliphatic heterocycles. The van der Waals surface area contributed by atoms with Gasteiger partial charge < -0.3 is 20.3 Å². The smallest absolute Gasteiger partial charge is 0.254 e. The standard InChI is InChI=1S/C22H33N3O3/c1-16-14-25(15-17(2)28-16)22(27)20-6-3-19(4-7-20)13-24-21(26)8-5-18-9-11-23-12-10-18/h3-4,6-7,16-18,23H,5,8-15H2,1-2H3,(H,24,26). The Kier molecular flexibility index (Phi) is 7.45. The average Bonchev–Trinajstić information content (AvgIpc) is 2.70. The summed E-state index contributed by atoms with van der Waals surface area (Å²) in [6.07, 6.45) is 4.03. The van der Waals surface area contributed by atoms with Crippen molar-refractivity contribution in [1.82, 2.24) is 15.5 Å². The summed E-state index contributed by atoms with van der Waals surface area (Å²) < 4.78 is 5.70. The largest absolute Gasteiger partial charge is 0.372 e. The molecule has 2 amide bonds. The van der Waals surface area contributed by atoms with Crippen LogP contribution in [0.1, 0.15) is 55.5 Å². The summed E-state index contributed by atoms with van der Waals surface area (Å²) in [4.78, 5) is 26.7. The zero-order valence-electron chi connectivity index (χ0n) is 17.1. The van der Waals surface area contributed by atoms with Gasteiger partial charge in [-0.25, -0.2) is 0 Å². The van der Waals surface area contributed by atoms with Gasteiger partial charge in [-0.2, -0.15) is 0 Å². The van der Waals surface area contributed by atoms with Gasteiger partial charge in [-0.3, -0.25) is 9.59 Å². The van der Waals surface area contributed by atoms with Crippen molar-refractivity contribution in [3.05, 3.63) is 35.4 Å². The maximum absolute atomic E-state index is 12.7. The average molecular weight is 388 g/mol. The number of morpholine rings is 1. The van der Waals surface area contributed by atoms with Gasteiger partial charge in [0.15, 0.2) is 0 Å². The number of nitrogens with zero attached hydrogens (tertiary/aromatic N) is 1. The molecular formula is C22H33N3O3. The Hall–Kier alpha value is -1.92. The predicted molar refractivity (Wildman–Crippen MR) is 109 cm³/mol. The number of benzene rings is 1. The number of hydrogen-bond acceptors (Lipinski definition) is 4. The molecule has 2 saturated heterocycles. The first kappa shape index (κ1) is 20.8. The van der Waals surface area contributed by atoms with Crippen LogP contribution in [-0.4, -0.2) is 55.1 Å². The van der Waals surface area contributed by atoms with Crippen LogP contribution in [-0.2, 0) is 16.1 Å². The Morgan fingerprint density at radius 2 is 1.75 bits per heavy atom. The second-order valence-corrected chi connectivity index (χ2v) is 8.17. The topological polar surface area (TPSA) is 70.7 Å². The fraction of sp³-hybridized carbons (Fsp3) is 0.636. The molecule has 0 aromatic heterocycles. The Balaban J connectivity index is 1.43. The second-order valence-electron chi connectivity index (χ2n) is 8.17. The quantitative estimate of drug-likeness (QED) is 0.786. The van der Waals surface area contributed by atoms with E-state index in [1.165, 1.54) is 12.8 Å². The maximum Gasteiger partial charge on any atom is 0.254 e. The van der Waals surface area contributed by atoms with Gasteiger partial charge in [0, 0.05) is 31.6 Å². The molecule has 2 fully saturated rings. The monoisotopic (exact) mass is 387 g/mol. The van der Waals surface area contributed by atoms with E-state index < -0.39 is 0 Å². The number of piperidine rings is 1. The lowest BCUT2D eigenvalue weighted by Crippen LogP contribution is -2.48. The molecule has 0 saturated carbocycles. The Labute approximate surface area is 168 Å². The van der Waals surface area contributed by atoms with E-state index in [0.29, 0.717) is 37.5 Å². The van der Waals surface area contributed by atoms with Crippen LogP contribution < -0.4 is 10.6 Å². The number of rotatable bonds is 6. The summed E-state index contributed by atoms with van der Waals surface area (Å²) in [7, 11) is 0. The van der Waals surface area contributed by atoms with E-state index in [0.717, 1.165) is 25.1 Å². The molecule has 2 unspecified atom stereocenters. The van der Waals surface area contributed by atoms with Crippen molar-refractivity contribution in [3.63, 3.8) is 0 Å². The molecule has 0 aliphatic carbocycles. The molecule has 154 valence electrons. The minimum Gasteiger partial charge on any atom is -0.372 e. The molecule has 1 aromatic carbocycles. The molecule has 3 rings (SSSR count). The molecular weight excluding hydrogens is 354 g/mol. The molecule has 0 bridgehead atoms. The van der Waals surface area contributed by atoms with Gasteiger partial charge in [-0.15, -0.1) is 0 Å². The summed E-state index contributed by atoms with van der Waals surface area (Å²) in [6.45, 7) is 7.88. The molecule has 2 N–H and O–H groups in total.